The number of benzene rings is 1. The Morgan fingerprint density at radius 1 is 1.11 bits per heavy atom. The summed E-state index contributed by atoms with van der Waals surface area (Å²) in [6.45, 7) is 6.50. The van der Waals surface area contributed by atoms with Crippen molar-refractivity contribution in [1.29, 1.82) is 0 Å². The maximum absolute atomic E-state index is 14.1. The van der Waals surface area contributed by atoms with Crippen LogP contribution in [0.4, 0.5) is 0 Å². The summed E-state index contributed by atoms with van der Waals surface area (Å²) >= 11 is 0. The van der Waals surface area contributed by atoms with Crippen molar-refractivity contribution in [3.05, 3.63) is 54.0 Å². The number of hydrogen-bond acceptors (Lipinski definition) is 6. The third-order valence-corrected chi connectivity index (χ3v) is 7.65. The molecule has 1 amide bonds. The molecule has 1 aliphatic carbocycles. The first-order chi connectivity index (χ1) is 17.2. The first-order valence-corrected chi connectivity index (χ1v) is 12.9. The van der Waals surface area contributed by atoms with Gasteiger partial charge in [-0.05, 0) is 23.8 Å². The van der Waals surface area contributed by atoms with Crippen LogP contribution in [0.15, 0.2) is 42.6 Å². The highest BCUT2D eigenvalue weighted by molar-refractivity contribution is 5.87. The molecular weight excluding hydrogens is 456 g/mol. The van der Waals surface area contributed by atoms with E-state index >= 15 is 0 Å². The van der Waals surface area contributed by atoms with Gasteiger partial charge in [-0.15, -0.1) is 0 Å². The molecule has 1 saturated heterocycles. The molecule has 8 nitrogen and oxygen atoms in total. The van der Waals surface area contributed by atoms with Gasteiger partial charge in [-0.1, -0.05) is 70.4 Å². The van der Waals surface area contributed by atoms with Crippen LogP contribution in [0.25, 0.3) is 0 Å². The Bertz CT molecular complexity index is 1050. The van der Waals surface area contributed by atoms with Gasteiger partial charge in [0.1, 0.15) is 11.9 Å². The van der Waals surface area contributed by atoms with E-state index in [1.807, 2.05) is 30.3 Å². The highest BCUT2D eigenvalue weighted by atomic mass is 16.5. The summed E-state index contributed by atoms with van der Waals surface area (Å²) in [4.78, 5) is 37.4. The van der Waals surface area contributed by atoms with Gasteiger partial charge in [-0.3, -0.25) is 4.79 Å². The van der Waals surface area contributed by atoms with Crippen molar-refractivity contribution in [2.75, 3.05) is 7.11 Å². The molecule has 194 valence electrons. The number of carbonyl (C=O) groups is 2. The SMILES string of the molecule is COc1ccnc(CNC2C(c3ccccc3)N(C(=O)C3CCCCC3)C(C(=O)O)C2C(C)(C)C)n1. The van der Waals surface area contributed by atoms with Crippen molar-refractivity contribution in [2.24, 2.45) is 17.3 Å². The Labute approximate surface area is 213 Å². The van der Waals surface area contributed by atoms with Crippen LogP contribution < -0.4 is 10.1 Å². The molecule has 36 heavy (non-hydrogen) atoms. The van der Waals surface area contributed by atoms with Crippen LogP contribution in [0.5, 0.6) is 5.88 Å². The van der Waals surface area contributed by atoms with Crippen molar-refractivity contribution < 1.29 is 19.4 Å². The third-order valence-electron chi connectivity index (χ3n) is 7.65. The largest absolute Gasteiger partial charge is 0.481 e. The highest BCUT2D eigenvalue weighted by Crippen LogP contribution is 2.49. The summed E-state index contributed by atoms with van der Waals surface area (Å²) < 4.78 is 5.25. The normalized spacial score (nSPS) is 25.1. The Kier molecular flexibility index (Phi) is 7.93. The van der Waals surface area contributed by atoms with E-state index < -0.39 is 18.1 Å². The standard InChI is InChI=1S/C28H38N4O4/c1-28(2,3)22-23(30-17-20-29-16-15-21(31-20)36-4)24(18-11-7-5-8-12-18)32(25(22)27(34)35)26(33)19-13-9-6-10-14-19/h5,7-8,11-12,15-16,19,22-25,30H,6,9-10,13-14,17H2,1-4H3,(H,34,35). The lowest BCUT2D eigenvalue weighted by atomic mass is 9.72. The fourth-order valence-corrected chi connectivity index (χ4v) is 6.08. The van der Waals surface area contributed by atoms with Crippen LogP contribution in [-0.2, 0) is 16.1 Å². The molecule has 4 atom stereocenters. The number of carbonyl (C=O) groups excluding carboxylic acids is 1. The van der Waals surface area contributed by atoms with Crippen molar-refractivity contribution >= 4 is 11.9 Å². The van der Waals surface area contributed by atoms with Gasteiger partial charge in [0.25, 0.3) is 0 Å². The number of hydrogen-bond donors (Lipinski definition) is 2. The van der Waals surface area contributed by atoms with Gasteiger partial charge in [0, 0.05) is 30.1 Å². The quantitative estimate of drug-likeness (QED) is 0.594. The number of carboxylic acid groups (broad SMARTS) is 1. The van der Waals surface area contributed by atoms with Crippen molar-refractivity contribution in [2.45, 2.75) is 77.5 Å². The van der Waals surface area contributed by atoms with E-state index in [2.05, 4.69) is 36.1 Å². The van der Waals surface area contributed by atoms with Gasteiger partial charge in [-0.2, -0.15) is 4.98 Å². The number of aliphatic carboxylic acids is 1. The van der Waals surface area contributed by atoms with Crippen LogP contribution in [0.1, 0.15) is 70.3 Å². The van der Waals surface area contributed by atoms with Crippen LogP contribution in [0, 0.1) is 17.3 Å². The summed E-state index contributed by atoms with van der Waals surface area (Å²) in [6.07, 6.45) is 6.43. The van der Waals surface area contributed by atoms with Gasteiger partial charge in [0.2, 0.25) is 11.8 Å². The van der Waals surface area contributed by atoms with Crippen LogP contribution in [-0.4, -0.2) is 51.0 Å². The number of likely N-dealkylation sites (tertiary alicyclic amines) is 1. The predicted molar refractivity (Wildman–Crippen MR) is 136 cm³/mol. The molecule has 0 bridgehead atoms. The molecule has 4 unspecified atom stereocenters. The fourth-order valence-electron chi connectivity index (χ4n) is 6.08. The van der Waals surface area contributed by atoms with Crippen molar-refractivity contribution in [3.63, 3.8) is 0 Å². The summed E-state index contributed by atoms with van der Waals surface area (Å²) in [5.41, 5.74) is 0.550. The zero-order valence-corrected chi connectivity index (χ0v) is 21.7. The maximum Gasteiger partial charge on any atom is 0.326 e. The average Bonchev–Trinajstić information content (AvgIpc) is 3.24. The number of amides is 1. The van der Waals surface area contributed by atoms with Crippen LogP contribution >= 0.6 is 0 Å². The Morgan fingerprint density at radius 2 is 1.81 bits per heavy atom. The number of aromatic nitrogens is 2. The fraction of sp³-hybridized carbons (Fsp3) is 0.571. The summed E-state index contributed by atoms with van der Waals surface area (Å²) in [5, 5.41) is 14.1. The van der Waals surface area contributed by atoms with E-state index in [1.165, 1.54) is 0 Å². The van der Waals surface area contributed by atoms with E-state index in [4.69, 9.17) is 4.74 Å². The van der Waals surface area contributed by atoms with Crippen molar-refractivity contribution in [1.82, 2.24) is 20.2 Å². The molecule has 2 heterocycles. The first kappa shape index (κ1) is 26.1. The van der Waals surface area contributed by atoms with E-state index in [-0.39, 0.29) is 29.2 Å². The molecule has 1 aliphatic heterocycles. The number of rotatable bonds is 7. The first-order valence-electron chi connectivity index (χ1n) is 12.9. The number of nitrogens with zero attached hydrogens (tertiary/aromatic N) is 3. The number of methoxy groups -OCH3 is 1. The molecule has 4 rings (SSSR count). The molecule has 2 aromatic rings. The van der Waals surface area contributed by atoms with Crippen LogP contribution in [0.2, 0.25) is 0 Å². The second-order valence-corrected chi connectivity index (χ2v) is 11.0. The van der Waals surface area contributed by atoms with E-state index in [1.54, 1.807) is 24.3 Å². The van der Waals surface area contributed by atoms with E-state index in [0.717, 1.165) is 37.7 Å². The number of ether oxygens (including phenoxy) is 1. The molecule has 2 N–H and O–H groups in total. The molecule has 1 aromatic carbocycles. The molecule has 0 spiro atoms. The minimum atomic E-state index is -0.957. The second-order valence-electron chi connectivity index (χ2n) is 11.0. The van der Waals surface area contributed by atoms with Gasteiger partial charge >= 0.3 is 5.97 Å². The molecule has 1 aromatic heterocycles. The highest BCUT2D eigenvalue weighted by Gasteiger charge is 2.58. The minimum Gasteiger partial charge on any atom is -0.481 e. The molecule has 0 radical (unpaired) electrons. The minimum absolute atomic E-state index is 0.0351. The lowest BCUT2D eigenvalue weighted by molar-refractivity contribution is -0.154. The van der Waals surface area contributed by atoms with E-state index in [0.29, 0.717) is 18.2 Å². The molecule has 1 saturated carbocycles. The average molecular weight is 495 g/mol. The Morgan fingerprint density at radius 3 is 2.42 bits per heavy atom. The van der Waals surface area contributed by atoms with Crippen molar-refractivity contribution in [3.8, 4) is 5.88 Å². The zero-order valence-electron chi connectivity index (χ0n) is 21.7. The molecule has 2 aliphatic rings. The van der Waals surface area contributed by atoms with Gasteiger partial charge in [0.05, 0.1) is 19.7 Å². The van der Waals surface area contributed by atoms with Gasteiger partial charge in [-0.25, -0.2) is 9.78 Å². The summed E-state index contributed by atoms with van der Waals surface area (Å²) in [5.74, 6) is -0.434. The third kappa shape index (κ3) is 5.38. The monoisotopic (exact) mass is 494 g/mol. The predicted octanol–water partition coefficient (Wildman–Crippen LogP) is 4.22. The molecular formula is C28H38N4O4. The molecule has 2 fully saturated rings. The summed E-state index contributed by atoms with van der Waals surface area (Å²) in [6, 6.07) is 9.84. The zero-order chi connectivity index (χ0) is 25.9. The maximum atomic E-state index is 14.1. The lowest BCUT2D eigenvalue weighted by Crippen LogP contribution is -2.49. The Hall–Kier alpha value is -3.00. The van der Waals surface area contributed by atoms with E-state index in [9.17, 15) is 14.7 Å². The lowest BCUT2D eigenvalue weighted by Gasteiger charge is -2.36. The molecule has 8 heteroatoms. The topological polar surface area (TPSA) is 105 Å². The van der Waals surface area contributed by atoms with Gasteiger partial charge < -0.3 is 20.1 Å². The Balaban J connectivity index is 1.78. The number of nitrogens with one attached hydrogen (secondary N) is 1. The van der Waals surface area contributed by atoms with Gasteiger partial charge in [0.15, 0.2) is 0 Å². The smallest absolute Gasteiger partial charge is 0.326 e. The second kappa shape index (κ2) is 10.9. The summed E-state index contributed by atoms with van der Waals surface area (Å²) in [7, 11) is 1.56. The van der Waals surface area contributed by atoms with Crippen LogP contribution in [0.3, 0.4) is 0 Å². The number of carboxylic acids is 1.